The fraction of sp³-hybridized carbons (Fsp3) is 1.00. The van der Waals surface area contributed by atoms with E-state index in [1.54, 1.807) is 0 Å². The molecule has 0 amide bonds. The molecule has 2 heteroatoms. The monoisotopic (exact) mass is 163 g/mol. The van der Waals surface area contributed by atoms with E-state index in [9.17, 15) is 0 Å². The topological polar surface area (TPSA) is 16.6 Å². The van der Waals surface area contributed by atoms with Crippen LogP contribution in [0.2, 0.25) is 0 Å². The highest BCUT2D eigenvalue weighted by molar-refractivity contribution is 4.80. The Morgan fingerprint density at radius 1 is 0.900 bits per heavy atom. The van der Waals surface area contributed by atoms with Gasteiger partial charge in [-0.05, 0) is 27.7 Å². The Bertz CT molecular complexity index is 104. The summed E-state index contributed by atoms with van der Waals surface area (Å²) in [5, 5.41) is 2.49. The largest absolute Gasteiger partial charge is 1.00 e. The normalized spacial score (nSPS) is 27.6. The maximum Gasteiger partial charge on any atom is 0.0910 e. The van der Waals surface area contributed by atoms with Crippen molar-refractivity contribution in [1.82, 2.24) is 0 Å². The van der Waals surface area contributed by atoms with Crippen molar-refractivity contribution >= 4 is 0 Å². The minimum atomic E-state index is 0. The lowest BCUT2D eigenvalue weighted by molar-refractivity contribution is -0.756. The lowest BCUT2D eigenvalue weighted by Crippen LogP contribution is -3.00. The van der Waals surface area contributed by atoms with Crippen LogP contribution in [-0.2, 0) is 0 Å². The molecule has 10 heavy (non-hydrogen) atoms. The number of rotatable bonds is 0. The van der Waals surface area contributed by atoms with E-state index in [0.717, 1.165) is 0 Å². The maximum atomic E-state index is 2.49. The smallest absolute Gasteiger partial charge is 0.0910 e. The number of hydrogen-bond acceptors (Lipinski definition) is 0. The molecule has 62 valence electrons. The van der Waals surface area contributed by atoms with E-state index >= 15 is 0 Å². The van der Waals surface area contributed by atoms with Crippen LogP contribution in [0.5, 0.6) is 0 Å². The third-order valence-corrected chi connectivity index (χ3v) is 2.20. The van der Waals surface area contributed by atoms with Gasteiger partial charge in [0.15, 0.2) is 0 Å². The molecule has 1 aliphatic heterocycles. The van der Waals surface area contributed by atoms with Gasteiger partial charge in [0.2, 0.25) is 0 Å². The van der Waals surface area contributed by atoms with Crippen molar-refractivity contribution in [2.24, 2.45) is 0 Å². The van der Waals surface area contributed by atoms with Gasteiger partial charge in [-0.3, -0.25) is 0 Å². The quantitative estimate of drug-likeness (QED) is 0.422. The van der Waals surface area contributed by atoms with Crippen LogP contribution >= 0.6 is 0 Å². The fourth-order valence-corrected chi connectivity index (χ4v) is 1.85. The molecule has 1 fully saturated rings. The standard InChI is InChI=1S/C8H17N.ClH/c1-7(2)5-6-8(3,4)9-7;/h9H,5-6H2,1-4H3;1H. The van der Waals surface area contributed by atoms with Crippen LogP contribution in [0.3, 0.4) is 0 Å². The first-order valence-corrected chi connectivity index (χ1v) is 3.78. The van der Waals surface area contributed by atoms with Gasteiger partial charge >= 0.3 is 0 Å². The molecule has 1 saturated heterocycles. The Morgan fingerprint density at radius 2 is 1.20 bits per heavy atom. The Hall–Kier alpha value is 0.250. The van der Waals surface area contributed by atoms with Gasteiger partial charge in [0, 0.05) is 12.8 Å². The molecule has 0 aromatic heterocycles. The number of hydrogen-bond donors (Lipinski definition) is 1. The van der Waals surface area contributed by atoms with E-state index in [1.165, 1.54) is 12.8 Å². The number of halogens is 1. The molecule has 0 saturated carbocycles. The first kappa shape index (κ1) is 10.2. The van der Waals surface area contributed by atoms with Crippen LogP contribution in [0.15, 0.2) is 0 Å². The summed E-state index contributed by atoms with van der Waals surface area (Å²) in [6.07, 6.45) is 2.72. The predicted molar refractivity (Wildman–Crippen MR) is 39.3 cm³/mol. The number of nitrogens with two attached hydrogens (primary N) is 1. The highest BCUT2D eigenvalue weighted by Gasteiger charge is 2.39. The van der Waals surface area contributed by atoms with Crippen molar-refractivity contribution in [3.05, 3.63) is 0 Å². The van der Waals surface area contributed by atoms with Crippen LogP contribution in [0.4, 0.5) is 0 Å². The summed E-state index contributed by atoms with van der Waals surface area (Å²) in [5.74, 6) is 0. The minimum Gasteiger partial charge on any atom is -1.00 e. The zero-order valence-corrected chi connectivity index (χ0v) is 8.13. The van der Waals surface area contributed by atoms with E-state index in [1.807, 2.05) is 0 Å². The molecular formula is C8H18ClN. The molecule has 0 aliphatic carbocycles. The molecule has 0 bridgehead atoms. The van der Waals surface area contributed by atoms with E-state index in [4.69, 9.17) is 0 Å². The van der Waals surface area contributed by atoms with Gasteiger partial charge in [0.1, 0.15) is 0 Å². The van der Waals surface area contributed by atoms with E-state index in [-0.39, 0.29) is 12.4 Å². The summed E-state index contributed by atoms with van der Waals surface area (Å²) in [6, 6.07) is 0. The minimum absolute atomic E-state index is 0. The van der Waals surface area contributed by atoms with Crippen LogP contribution in [0.1, 0.15) is 40.5 Å². The third kappa shape index (κ3) is 2.47. The average molecular weight is 164 g/mol. The average Bonchev–Trinajstić information content (AvgIpc) is 1.78. The predicted octanol–water partition coefficient (Wildman–Crippen LogP) is -2.10. The second-order valence-corrected chi connectivity index (χ2v) is 4.62. The van der Waals surface area contributed by atoms with Crippen LogP contribution in [-0.4, -0.2) is 11.1 Å². The molecule has 0 radical (unpaired) electrons. The summed E-state index contributed by atoms with van der Waals surface area (Å²) in [6.45, 7) is 9.28. The highest BCUT2D eigenvalue weighted by Crippen LogP contribution is 2.20. The summed E-state index contributed by atoms with van der Waals surface area (Å²) in [7, 11) is 0. The highest BCUT2D eigenvalue weighted by atomic mass is 35.5. The second-order valence-electron chi connectivity index (χ2n) is 4.62. The van der Waals surface area contributed by atoms with E-state index in [0.29, 0.717) is 11.1 Å². The first-order chi connectivity index (χ1) is 3.91. The van der Waals surface area contributed by atoms with Crippen LogP contribution in [0, 0.1) is 0 Å². The molecule has 1 nitrogen and oxygen atoms in total. The molecule has 0 spiro atoms. The van der Waals surface area contributed by atoms with Crippen molar-refractivity contribution in [3.8, 4) is 0 Å². The molecule has 0 aromatic carbocycles. The summed E-state index contributed by atoms with van der Waals surface area (Å²) in [5.41, 5.74) is 1.01. The number of quaternary nitrogens is 1. The molecule has 0 atom stereocenters. The molecule has 1 aliphatic rings. The maximum absolute atomic E-state index is 2.49. The Balaban J connectivity index is 0.000000810. The molecule has 0 aromatic rings. The zero-order valence-electron chi connectivity index (χ0n) is 7.37. The zero-order chi connectivity index (χ0) is 7.12. The SMILES string of the molecule is CC1(C)CCC(C)(C)[NH2+]1.[Cl-]. The van der Waals surface area contributed by atoms with Gasteiger partial charge in [-0.15, -0.1) is 0 Å². The van der Waals surface area contributed by atoms with Gasteiger partial charge in [-0.2, -0.15) is 0 Å². The van der Waals surface area contributed by atoms with Crippen molar-refractivity contribution in [1.29, 1.82) is 0 Å². The van der Waals surface area contributed by atoms with Gasteiger partial charge in [-0.1, -0.05) is 0 Å². The second kappa shape index (κ2) is 2.71. The Labute approximate surface area is 70.0 Å². The molecule has 1 rings (SSSR count). The van der Waals surface area contributed by atoms with Gasteiger partial charge in [0.05, 0.1) is 11.1 Å². The lowest BCUT2D eigenvalue weighted by atomic mass is 10.0. The molecule has 0 unspecified atom stereocenters. The lowest BCUT2D eigenvalue weighted by Gasteiger charge is -2.20. The van der Waals surface area contributed by atoms with Crippen molar-refractivity contribution in [2.75, 3.05) is 0 Å². The summed E-state index contributed by atoms with van der Waals surface area (Å²) < 4.78 is 0. The van der Waals surface area contributed by atoms with Gasteiger partial charge < -0.3 is 17.7 Å². The molecular weight excluding hydrogens is 146 g/mol. The van der Waals surface area contributed by atoms with Gasteiger partial charge in [-0.25, -0.2) is 0 Å². The Morgan fingerprint density at radius 3 is 1.30 bits per heavy atom. The van der Waals surface area contributed by atoms with E-state index < -0.39 is 0 Å². The van der Waals surface area contributed by atoms with E-state index in [2.05, 4.69) is 33.0 Å². The van der Waals surface area contributed by atoms with Crippen molar-refractivity contribution < 1.29 is 17.7 Å². The van der Waals surface area contributed by atoms with Gasteiger partial charge in [0.25, 0.3) is 0 Å². The third-order valence-electron chi connectivity index (χ3n) is 2.20. The van der Waals surface area contributed by atoms with Crippen LogP contribution in [0.25, 0.3) is 0 Å². The molecule has 1 heterocycles. The molecule has 2 N–H and O–H groups in total. The first-order valence-electron chi connectivity index (χ1n) is 3.78. The van der Waals surface area contributed by atoms with Crippen molar-refractivity contribution in [3.63, 3.8) is 0 Å². The summed E-state index contributed by atoms with van der Waals surface area (Å²) >= 11 is 0. The summed E-state index contributed by atoms with van der Waals surface area (Å²) in [4.78, 5) is 0. The van der Waals surface area contributed by atoms with Crippen LogP contribution < -0.4 is 17.7 Å². The Kier molecular flexibility index (Phi) is 2.77. The fourth-order valence-electron chi connectivity index (χ4n) is 1.85. The van der Waals surface area contributed by atoms with Crippen molar-refractivity contribution in [2.45, 2.75) is 51.6 Å².